The van der Waals surface area contributed by atoms with E-state index in [-0.39, 0.29) is 13.0 Å². The molecule has 7 heteroatoms. The number of aliphatic carboxylic acids is 1. The van der Waals surface area contributed by atoms with E-state index >= 15 is 0 Å². The fourth-order valence-electron chi connectivity index (χ4n) is 2.64. The van der Waals surface area contributed by atoms with Gasteiger partial charge in [-0.2, -0.15) is 5.26 Å². The molecule has 3 N–H and O–H groups in total. The number of hydrogen-bond acceptors (Lipinski definition) is 5. The third kappa shape index (κ3) is 3.05. The maximum atomic E-state index is 10.9. The first-order valence-corrected chi connectivity index (χ1v) is 7.22. The van der Waals surface area contributed by atoms with Crippen LogP contribution in [0.4, 0.5) is 5.69 Å². The van der Waals surface area contributed by atoms with Gasteiger partial charge in [-0.05, 0) is 18.6 Å². The van der Waals surface area contributed by atoms with Gasteiger partial charge in [-0.1, -0.05) is 6.07 Å². The summed E-state index contributed by atoms with van der Waals surface area (Å²) in [4.78, 5) is 10.9. The Balaban J connectivity index is 2.66. The van der Waals surface area contributed by atoms with Crippen molar-refractivity contribution in [2.75, 3.05) is 20.0 Å². The Morgan fingerprint density at radius 2 is 2.12 bits per heavy atom. The highest BCUT2D eigenvalue weighted by Gasteiger charge is 2.20. The summed E-state index contributed by atoms with van der Waals surface area (Å²) in [5.74, 6) is -0.507. The van der Waals surface area contributed by atoms with Gasteiger partial charge in [0.1, 0.15) is 17.5 Å². The number of nitrogens with two attached hydrogens (primary N) is 1. The third-order valence-corrected chi connectivity index (χ3v) is 3.84. The highest BCUT2D eigenvalue weighted by atomic mass is 16.5. The molecule has 7 nitrogen and oxygen atoms in total. The summed E-state index contributed by atoms with van der Waals surface area (Å²) in [7, 11) is 3.04. The van der Waals surface area contributed by atoms with Gasteiger partial charge in [-0.3, -0.25) is 4.79 Å². The van der Waals surface area contributed by atoms with E-state index in [2.05, 4.69) is 6.07 Å². The molecule has 0 fully saturated rings. The van der Waals surface area contributed by atoms with E-state index in [0.29, 0.717) is 28.4 Å². The summed E-state index contributed by atoms with van der Waals surface area (Å²) in [6.45, 7) is 2.12. The number of carboxylic acid groups (broad SMARTS) is 1. The highest BCUT2D eigenvalue weighted by molar-refractivity contribution is 5.72. The molecular formula is C17H19N3O4. The quantitative estimate of drug-likeness (QED) is 0.839. The maximum Gasteiger partial charge on any atom is 0.307 e. The molecule has 1 aromatic carbocycles. The molecule has 0 saturated carbocycles. The van der Waals surface area contributed by atoms with Gasteiger partial charge >= 0.3 is 5.97 Å². The third-order valence-electron chi connectivity index (χ3n) is 3.84. The van der Waals surface area contributed by atoms with Gasteiger partial charge in [0, 0.05) is 18.7 Å². The maximum absolute atomic E-state index is 10.9. The molecule has 0 aliphatic carbocycles. The van der Waals surface area contributed by atoms with Crippen LogP contribution < -0.4 is 10.5 Å². The number of anilines is 1. The summed E-state index contributed by atoms with van der Waals surface area (Å²) >= 11 is 0. The molecule has 0 atom stereocenters. The van der Waals surface area contributed by atoms with Gasteiger partial charge in [-0.15, -0.1) is 0 Å². The van der Waals surface area contributed by atoms with E-state index in [9.17, 15) is 10.1 Å². The zero-order chi connectivity index (χ0) is 17.9. The van der Waals surface area contributed by atoms with Crippen molar-refractivity contribution in [1.29, 1.82) is 5.26 Å². The summed E-state index contributed by atoms with van der Waals surface area (Å²) in [6.07, 6.45) is -0.146. The lowest BCUT2D eigenvalue weighted by atomic mass is 10.1. The summed E-state index contributed by atoms with van der Waals surface area (Å²) in [6, 6.07) is 7.21. The topological polar surface area (TPSA) is 110 Å². The van der Waals surface area contributed by atoms with Crippen molar-refractivity contribution in [3.63, 3.8) is 0 Å². The second-order valence-corrected chi connectivity index (χ2v) is 5.28. The number of nitrogen functional groups attached to an aromatic ring is 1. The van der Waals surface area contributed by atoms with E-state index in [1.807, 2.05) is 6.92 Å². The number of carboxylic acids is 1. The number of ether oxygens (including phenoxy) is 2. The number of nitriles is 1. The van der Waals surface area contributed by atoms with Crippen molar-refractivity contribution in [1.82, 2.24) is 4.57 Å². The largest absolute Gasteiger partial charge is 0.496 e. The molecule has 0 bridgehead atoms. The van der Waals surface area contributed by atoms with Gasteiger partial charge in [0.15, 0.2) is 0 Å². The fraction of sp³-hybridized carbons (Fsp3) is 0.294. The first-order chi connectivity index (χ1) is 11.4. The molecule has 1 heterocycles. The van der Waals surface area contributed by atoms with Crippen LogP contribution in [0, 0.1) is 18.3 Å². The van der Waals surface area contributed by atoms with Gasteiger partial charge in [-0.25, -0.2) is 0 Å². The van der Waals surface area contributed by atoms with E-state index < -0.39 is 5.97 Å². The van der Waals surface area contributed by atoms with E-state index in [1.54, 1.807) is 29.9 Å². The molecule has 0 spiro atoms. The number of hydrogen-bond donors (Lipinski definition) is 2. The number of rotatable bonds is 6. The van der Waals surface area contributed by atoms with Crippen molar-refractivity contribution in [3.8, 4) is 17.5 Å². The van der Waals surface area contributed by atoms with E-state index in [0.717, 1.165) is 11.3 Å². The van der Waals surface area contributed by atoms with Gasteiger partial charge in [0.2, 0.25) is 0 Å². The van der Waals surface area contributed by atoms with Crippen molar-refractivity contribution in [2.24, 2.45) is 0 Å². The molecule has 2 rings (SSSR count). The second-order valence-electron chi connectivity index (χ2n) is 5.28. The van der Waals surface area contributed by atoms with Crippen LogP contribution >= 0.6 is 0 Å². The smallest absolute Gasteiger partial charge is 0.307 e. The van der Waals surface area contributed by atoms with E-state index in [1.165, 1.54) is 7.11 Å². The number of aromatic nitrogens is 1. The van der Waals surface area contributed by atoms with Crippen LogP contribution in [0.25, 0.3) is 5.69 Å². The lowest BCUT2D eigenvalue weighted by molar-refractivity contribution is -0.136. The molecule has 126 valence electrons. The average Bonchev–Trinajstić information content (AvgIpc) is 2.79. The predicted octanol–water partition coefficient (Wildman–Crippen LogP) is 2.02. The van der Waals surface area contributed by atoms with Crippen LogP contribution in [-0.4, -0.2) is 29.9 Å². The van der Waals surface area contributed by atoms with Gasteiger partial charge < -0.3 is 24.9 Å². The minimum atomic E-state index is -0.945. The number of benzene rings is 1. The second kappa shape index (κ2) is 7.06. The van der Waals surface area contributed by atoms with Crippen LogP contribution in [0.3, 0.4) is 0 Å². The Morgan fingerprint density at radius 3 is 2.67 bits per heavy atom. The minimum Gasteiger partial charge on any atom is -0.496 e. The van der Waals surface area contributed by atoms with Crippen LogP contribution in [0.2, 0.25) is 0 Å². The molecule has 1 aromatic heterocycles. The van der Waals surface area contributed by atoms with Crippen LogP contribution in [0.1, 0.15) is 22.5 Å². The standard InChI is InChI=1S/C17H19N3O4/c1-10-14(9-23-2)20(13(8-18)17(10)19)12-5-4-11(6-16(21)22)15(7-12)24-3/h4-5,7H,6,9,19H2,1-3H3,(H,21,22). The summed E-state index contributed by atoms with van der Waals surface area (Å²) < 4.78 is 12.2. The monoisotopic (exact) mass is 329 g/mol. The fourth-order valence-corrected chi connectivity index (χ4v) is 2.64. The molecule has 0 unspecified atom stereocenters. The average molecular weight is 329 g/mol. The Morgan fingerprint density at radius 1 is 1.42 bits per heavy atom. The van der Waals surface area contributed by atoms with Gasteiger partial charge in [0.05, 0.1) is 37.2 Å². The molecule has 0 aliphatic heterocycles. The molecule has 24 heavy (non-hydrogen) atoms. The minimum absolute atomic E-state index is 0.146. The Bertz CT molecular complexity index is 818. The first-order valence-electron chi connectivity index (χ1n) is 7.22. The summed E-state index contributed by atoms with van der Waals surface area (Å²) in [5, 5.41) is 18.4. The van der Waals surface area contributed by atoms with Crippen LogP contribution in [-0.2, 0) is 22.6 Å². The Hall–Kier alpha value is -2.98. The SMILES string of the molecule is COCc1c(C)c(N)c(C#N)n1-c1ccc(CC(=O)O)c(OC)c1. The number of methoxy groups -OCH3 is 2. The molecule has 0 radical (unpaired) electrons. The first kappa shape index (κ1) is 17.4. The summed E-state index contributed by atoms with van der Waals surface area (Å²) in [5.41, 5.74) is 9.51. The van der Waals surface area contributed by atoms with Crippen LogP contribution in [0.15, 0.2) is 18.2 Å². The highest BCUT2D eigenvalue weighted by Crippen LogP contribution is 2.31. The van der Waals surface area contributed by atoms with Crippen molar-refractivity contribution in [3.05, 3.63) is 40.7 Å². The molecule has 0 aliphatic rings. The zero-order valence-corrected chi connectivity index (χ0v) is 13.8. The lowest BCUT2D eigenvalue weighted by Gasteiger charge is -2.14. The van der Waals surface area contributed by atoms with Crippen molar-refractivity contribution < 1.29 is 19.4 Å². The van der Waals surface area contributed by atoms with Gasteiger partial charge in [0.25, 0.3) is 0 Å². The van der Waals surface area contributed by atoms with Crippen molar-refractivity contribution in [2.45, 2.75) is 20.0 Å². The molecular weight excluding hydrogens is 310 g/mol. The normalized spacial score (nSPS) is 10.4. The number of carbonyl (C=O) groups is 1. The molecule has 2 aromatic rings. The molecule has 0 amide bonds. The Labute approximate surface area is 139 Å². The molecule has 0 saturated heterocycles. The number of nitrogens with zero attached hydrogens (tertiary/aromatic N) is 2. The van der Waals surface area contributed by atoms with Crippen LogP contribution in [0.5, 0.6) is 5.75 Å². The van der Waals surface area contributed by atoms with Crippen molar-refractivity contribution >= 4 is 11.7 Å². The predicted molar refractivity (Wildman–Crippen MR) is 88.2 cm³/mol. The zero-order valence-electron chi connectivity index (χ0n) is 13.8. The van der Waals surface area contributed by atoms with E-state index in [4.69, 9.17) is 20.3 Å². The lowest BCUT2D eigenvalue weighted by Crippen LogP contribution is -2.07. The Kier molecular flexibility index (Phi) is 5.11.